The second-order valence-electron chi connectivity index (χ2n) is 7.19. The molecule has 1 atom stereocenters. The number of oxazole rings is 1. The smallest absolute Gasteiger partial charge is 0.416 e. The van der Waals surface area contributed by atoms with Crippen molar-refractivity contribution in [3.8, 4) is 0 Å². The largest absolute Gasteiger partial charge is 0.438 e. The number of benzene rings is 1. The number of hydrogen-bond acceptors (Lipinski definition) is 4. The molecule has 0 aliphatic carbocycles. The molecule has 29 heavy (non-hydrogen) atoms. The summed E-state index contributed by atoms with van der Waals surface area (Å²) < 4.78 is 42.9. The van der Waals surface area contributed by atoms with E-state index in [1.165, 1.54) is 18.5 Å². The van der Waals surface area contributed by atoms with Crippen molar-refractivity contribution >= 4 is 17.5 Å². The molecule has 1 aliphatic rings. The lowest BCUT2D eigenvalue weighted by atomic mass is 9.93. The Morgan fingerprint density at radius 2 is 2.00 bits per heavy atom. The van der Waals surface area contributed by atoms with Gasteiger partial charge in [0.05, 0.1) is 11.3 Å². The molecule has 1 fully saturated rings. The second-order valence-corrected chi connectivity index (χ2v) is 7.19. The molecule has 0 spiro atoms. The van der Waals surface area contributed by atoms with Crippen molar-refractivity contribution in [2.24, 2.45) is 5.92 Å². The van der Waals surface area contributed by atoms with Crippen molar-refractivity contribution in [2.45, 2.75) is 38.8 Å². The van der Waals surface area contributed by atoms with Gasteiger partial charge in [-0.2, -0.15) is 13.2 Å². The number of aryl methyl sites for hydroxylation is 1. The molecule has 0 saturated carbocycles. The Kier molecular flexibility index (Phi) is 6.24. The molecule has 6 nitrogen and oxygen atoms in total. The van der Waals surface area contributed by atoms with Gasteiger partial charge in [0.15, 0.2) is 6.39 Å². The minimum atomic E-state index is -4.41. The summed E-state index contributed by atoms with van der Waals surface area (Å²) >= 11 is 0. The standard InChI is InChI=1S/C20H22F3N3O3/c1-13-18(29-12-24-13)19(28)26-10-2-3-14(11-26)4-9-17(27)25-16-7-5-15(6-8-16)20(21,22)23/h5-8,12,14H,2-4,9-11H2,1H3,(H,25,27). The van der Waals surface area contributed by atoms with E-state index in [0.717, 1.165) is 25.0 Å². The van der Waals surface area contributed by atoms with Gasteiger partial charge < -0.3 is 14.6 Å². The normalized spacial score (nSPS) is 17.2. The first-order valence-electron chi connectivity index (χ1n) is 9.40. The Bertz CT molecular complexity index is 862. The first kappa shape index (κ1) is 20.9. The third kappa shape index (κ3) is 5.36. The van der Waals surface area contributed by atoms with Gasteiger partial charge in [-0.25, -0.2) is 4.98 Å². The molecule has 2 amide bonds. The molecule has 1 aliphatic heterocycles. The molecule has 0 bridgehead atoms. The minimum Gasteiger partial charge on any atom is -0.438 e. The third-order valence-corrected chi connectivity index (χ3v) is 5.02. The quantitative estimate of drug-likeness (QED) is 0.800. The van der Waals surface area contributed by atoms with Crippen LogP contribution in [0.2, 0.25) is 0 Å². The highest BCUT2D eigenvalue weighted by Crippen LogP contribution is 2.30. The first-order chi connectivity index (χ1) is 13.7. The van der Waals surface area contributed by atoms with Gasteiger partial charge >= 0.3 is 6.18 Å². The second kappa shape index (κ2) is 8.67. The molecule has 2 aromatic rings. The van der Waals surface area contributed by atoms with Crippen LogP contribution >= 0.6 is 0 Å². The average Bonchev–Trinajstić information content (AvgIpc) is 3.11. The van der Waals surface area contributed by atoms with Crippen molar-refractivity contribution in [2.75, 3.05) is 18.4 Å². The van der Waals surface area contributed by atoms with E-state index >= 15 is 0 Å². The number of alkyl halides is 3. The fraction of sp³-hybridized carbons (Fsp3) is 0.450. The fourth-order valence-electron chi connectivity index (χ4n) is 3.44. The molecule has 9 heteroatoms. The molecular weight excluding hydrogens is 387 g/mol. The molecule has 1 unspecified atom stereocenters. The lowest BCUT2D eigenvalue weighted by molar-refractivity contribution is -0.137. The van der Waals surface area contributed by atoms with Crippen LogP contribution in [0.15, 0.2) is 35.1 Å². The lowest BCUT2D eigenvalue weighted by Crippen LogP contribution is -2.40. The monoisotopic (exact) mass is 409 g/mol. The van der Waals surface area contributed by atoms with E-state index in [1.807, 2.05) is 0 Å². The summed E-state index contributed by atoms with van der Waals surface area (Å²) in [5.74, 6) is -0.0434. The lowest BCUT2D eigenvalue weighted by Gasteiger charge is -2.32. The number of likely N-dealkylation sites (tertiary alicyclic amines) is 1. The SMILES string of the molecule is Cc1ncoc1C(=O)N1CCCC(CCC(=O)Nc2ccc(C(F)(F)F)cc2)C1. The number of carbonyl (C=O) groups is 2. The summed E-state index contributed by atoms with van der Waals surface area (Å²) in [5.41, 5.74) is 0.113. The van der Waals surface area contributed by atoms with Gasteiger partial charge in [-0.3, -0.25) is 9.59 Å². The van der Waals surface area contributed by atoms with Crippen molar-refractivity contribution in [1.82, 2.24) is 9.88 Å². The summed E-state index contributed by atoms with van der Waals surface area (Å²) in [6.07, 6.45) is -0.593. The number of nitrogens with one attached hydrogen (secondary N) is 1. The molecule has 2 heterocycles. The van der Waals surface area contributed by atoms with E-state index in [0.29, 0.717) is 30.9 Å². The van der Waals surface area contributed by atoms with Crippen LogP contribution in [-0.4, -0.2) is 34.8 Å². The Labute approximate surface area is 166 Å². The summed E-state index contributed by atoms with van der Waals surface area (Å²) in [6, 6.07) is 4.35. The molecule has 1 N–H and O–H groups in total. The number of halogens is 3. The number of amides is 2. The summed E-state index contributed by atoms with van der Waals surface area (Å²) in [5, 5.41) is 2.61. The fourth-order valence-corrected chi connectivity index (χ4v) is 3.44. The molecule has 156 valence electrons. The first-order valence-corrected chi connectivity index (χ1v) is 9.40. The van der Waals surface area contributed by atoms with E-state index in [-0.39, 0.29) is 29.9 Å². The predicted molar refractivity (Wildman–Crippen MR) is 99.2 cm³/mol. The zero-order valence-electron chi connectivity index (χ0n) is 16.0. The van der Waals surface area contributed by atoms with Gasteiger partial charge in [0.1, 0.15) is 0 Å². The van der Waals surface area contributed by atoms with Crippen LogP contribution in [-0.2, 0) is 11.0 Å². The Hall–Kier alpha value is -2.84. The van der Waals surface area contributed by atoms with Crippen LogP contribution < -0.4 is 5.32 Å². The van der Waals surface area contributed by atoms with E-state index in [2.05, 4.69) is 10.3 Å². The van der Waals surface area contributed by atoms with Gasteiger partial charge in [-0.05, 0) is 56.4 Å². The van der Waals surface area contributed by atoms with Crippen LogP contribution in [0, 0.1) is 12.8 Å². The van der Waals surface area contributed by atoms with E-state index in [4.69, 9.17) is 4.42 Å². The molecular formula is C20H22F3N3O3. The van der Waals surface area contributed by atoms with Gasteiger partial charge in [-0.1, -0.05) is 0 Å². The van der Waals surface area contributed by atoms with Crippen molar-refractivity contribution in [1.29, 1.82) is 0 Å². The van der Waals surface area contributed by atoms with Gasteiger partial charge in [0.2, 0.25) is 11.7 Å². The third-order valence-electron chi connectivity index (χ3n) is 5.02. The minimum absolute atomic E-state index is 0.175. The maximum absolute atomic E-state index is 12.6. The number of carbonyl (C=O) groups excluding carboxylic acids is 2. The maximum atomic E-state index is 12.6. The highest BCUT2D eigenvalue weighted by Gasteiger charge is 2.30. The van der Waals surface area contributed by atoms with Crippen LogP contribution in [0.1, 0.15) is 47.5 Å². The van der Waals surface area contributed by atoms with Crippen LogP contribution in [0.4, 0.5) is 18.9 Å². The topological polar surface area (TPSA) is 75.4 Å². The predicted octanol–water partition coefficient (Wildman–Crippen LogP) is 4.27. The average molecular weight is 409 g/mol. The number of aromatic nitrogens is 1. The number of anilines is 1. The molecule has 1 saturated heterocycles. The van der Waals surface area contributed by atoms with E-state index in [9.17, 15) is 22.8 Å². The summed E-state index contributed by atoms with van der Waals surface area (Å²) in [7, 11) is 0. The molecule has 1 aromatic heterocycles. The van der Waals surface area contributed by atoms with Crippen LogP contribution in [0.25, 0.3) is 0 Å². The van der Waals surface area contributed by atoms with E-state index < -0.39 is 11.7 Å². The summed E-state index contributed by atoms with van der Waals surface area (Å²) in [6.45, 7) is 2.88. The maximum Gasteiger partial charge on any atom is 0.416 e. The zero-order valence-corrected chi connectivity index (χ0v) is 16.0. The number of nitrogens with zero attached hydrogens (tertiary/aromatic N) is 2. The van der Waals surface area contributed by atoms with Crippen molar-refractivity contribution in [3.05, 3.63) is 47.7 Å². The van der Waals surface area contributed by atoms with Gasteiger partial charge in [0, 0.05) is 25.2 Å². The Morgan fingerprint density at radius 1 is 1.28 bits per heavy atom. The number of rotatable bonds is 5. The zero-order chi connectivity index (χ0) is 21.0. The van der Waals surface area contributed by atoms with Crippen molar-refractivity contribution in [3.63, 3.8) is 0 Å². The molecule has 1 aromatic carbocycles. The molecule has 3 rings (SSSR count). The Morgan fingerprint density at radius 3 is 2.62 bits per heavy atom. The van der Waals surface area contributed by atoms with Crippen LogP contribution in [0.3, 0.4) is 0 Å². The summed E-state index contributed by atoms with van der Waals surface area (Å²) in [4.78, 5) is 30.3. The number of piperidine rings is 1. The highest BCUT2D eigenvalue weighted by molar-refractivity contribution is 5.92. The van der Waals surface area contributed by atoms with E-state index in [1.54, 1.807) is 11.8 Å². The number of hydrogen-bond donors (Lipinski definition) is 1. The van der Waals surface area contributed by atoms with Gasteiger partial charge in [-0.15, -0.1) is 0 Å². The Balaban J connectivity index is 1.48. The van der Waals surface area contributed by atoms with Crippen LogP contribution in [0.5, 0.6) is 0 Å². The van der Waals surface area contributed by atoms with Gasteiger partial charge in [0.25, 0.3) is 5.91 Å². The molecule has 0 radical (unpaired) electrons. The van der Waals surface area contributed by atoms with Crippen molar-refractivity contribution < 1.29 is 27.2 Å². The highest BCUT2D eigenvalue weighted by atomic mass is 19.4.